The van der Waals surface area contributed by atoms with E-state index in [1.54, 1.807) is 0 Å². The summed E-state index contributed by atoms with van der Waals surface area (Å²) in [7, 11) is 0. The largest absolute Gasteiger partial charge is 0.464 e. The second kappa shape index (κ2) is 7.86. The van der Waals surface area contributed by atoms with Crippen LogP contribution in [0.25, 0.3) is 12.2 Å². The standard InChI is InChI=1S/C30H26N2O/c1-19-3-7-21(8-4-19)29-25-15-13-23(31-25)11-12-24-14-16-26(32-24)30(28-18-17-27(29)33-28)22-9-5-20(2)6-10-22/h3-18,29-32H,1-2H3/b12-11-. The zero-order chi connectivity index (χ0) is 22.4. The number of hydrogen-bond acceptors (Lipinski definition) is 1. The Morgan fingerprint density at radius 1 is 0.515 bits per heavy atom. The van der Waals surface area contributed by atoms with E-state index in [1.165, 1.54) is 22.3 Å². The number of nitrogens with one attached hydrogen (secondary N) is 2. The molecule has 6 rings (SSSR count). The predicted molar refractivity (Wildman–Crippen MR) is 133 cm³/mol. The van der Waals surface area contributed by atoms with Gasteiger partial charge < -0.3 is 14.4 Å². The number of benzene rings is 2. The summed E-state index contributed by atoms with van der Waals surface area (Å²) in [4.78, 5) is 7.20. The molecule has 0 aliphatic carbocycles. The lowest BCUT2D eigenvalue weighted by Gasteiger charge is -2.17. The third kappa shape index (κ3) is 3.66. The fourth-order valence-electron chi connectivity index (χ4n) is 4.76. The fraction of sp³-hybridized carbons (Fsp3) is 0.133. The number of aryl methyl sites for hydroxylation is 2. The first kappa shape index (κ1) is 19.7. The van der Waals surface area contributed by atoms with Gasteiger partial charge in [-0.15, -0.1) is 0 Å². The van der Waals surface area contributed by atoms with Gasteiger partial charge in [0.1, 0.15) is 11.5 Å². The SMILES string of the molecule is Cc1ccc(C2c3ccc([nH]3)/C=C\c3ccc([nH]3)C(c3ccc(C)cc3)c3ccc2o3)cc1. The van der Waals surface area contributed by atoms with Crippen LogP contribution in [0.4, 0.5) is 0 Å². The molecule has 0 spiro atoms. The molecule has 0 fully saturated rings. The smallest absolute Gasteiger partial charge is 0.117 e. The quantitative estimate of drug-likeness (QED) is 0.295. The van der Waals surface area contributed by atoms with Crippen LogP contribution in [0.3, 0.4) is 0 Å². The second-order valence-electron chi connectivity index (χ2n) is 9.00. The summed E-state index contributed by atoms with van der Waals surface area (Å²) in [6, 6.07) is 30.3. The van der Waals surface area contributed by atoms with Gasteiger partial charge in [-0.25, -0.2) is 0 Å². The molecule has 4 heterocycles. The second-order valence-corrected chi connectivity index (χ2v) is 9.00. The lowest BCUT2D eigenvalue weighted by molar-refractivity contribution is 0.452. The molecule has 2 unspecified atom stereocenters. The van der Waals surface area contributed by atoms with E-state index in [0.29, 0.717) is 0 Å². The molecule has 5 aromatic rings. The summed E-state index contributed by atoms with van der Waals surface area (Å²) in [5, 5.41) is 0. The maximum atomic E-state index is 6.66. The van der Waals surface area contributed by atoms with Gasteiger partial charge in [0.15, 0.2) is 0 Å². The molecular formula is C30H26N2O. The molecule has 0 amide bonds. The van der Waals surface area contributed by atoms with Crippen LogP contribution in [-0.4, -0.2) is 9.97 Å². The molecule has 2 atom stereocenters. The molecule has 0 saturated carbocycles. The van der Waals surface area contributed by atoms with Crippen molar-refractivity contribution in [1.29, 1.82) is 0 Å². The van der Waals surface area contributed by atoms with Crippen LogP contribution in [0, 0.1) is 13.8 Å². The zero-order valence-electron chi connectivity index (χ0n) is 18.8. The highest BCUT2D eigenvalue weighted by Gasteiger charge is 2.26. The van der Waals surface area contributed by atoms with Crippen molar-refractivity contribution in [2.45, 2.75) is 25.7 Å². The summed E-state index contributed by atoms with van der Waals surface area (Å²) >= 11 is 0. The van der Waals surface area contributed by atoms with Crippen molar-refractivity contribution in [2.75, 3.05) is 0 Å². The number of fused-ring (bicyclic) bond motifs is 6. The first-order chi connectivity index (χ1) is 16.1. The van der Waals surface area contributed by atoms with Gasteiger partial charge in [0.05, 0.1) is 11.8 Å². The molecular weight excluding hydrogens is 404 g/mol. The monoisotopic (exact) mass is 430 g/mol. The summed E-state index contributed by atoms with van der Waals surface area (Å²) in [6.45, 7) is 4.24. The summed E-state index contributed by atoms with van der Waals surface area (Å²) in [5.74, 6) is 1.88. The molecule has 3 nitrogen and oxygen atoms in total. The molecule has 162 valence electrons. The van der Waals surface area contributed by atoms with E-state index < -0.39 is 0 Å². The molecule has 2 aromatic carbocycles. The first-order valence-electron chi connectivity index (χ1n) is 11.4. The van der Waals surface area contributed by atoms with Crippen molar-refractivity contribution in [3.8, 4) is 0 Å². The fourth-order valence-corrected chi connectivity index (χ4v) is 4.76. The number of aromatic amines is 2. The van der Waals surface area contributed by atoms with Gasteiger partial charge in [0.25, 0.3) is 0 Å². The summed E-state index contributed by atoms with van der Waals surface area (Å²) in [6.07, 6.45) is 4.24. The Kier molecular flexibility index (Phi) is 4.69. The van der Waals surface area contributed by atoms with Crippen LogP contribution in [0.5, 0.6) is 0 Å². The van der Waals surface area contributed by atoms with Crippen LogP contribution >= 0.6 is 0 Å². The minimum atomic E-state index is -0.000683. The molecule has 0 saturated heterocycles. The Bertz CT molecular complexity index is 1320. The Morgan fingerprint density at radius 3 is 1.36 bits per heavy atom. The maximum Gasteiger partial charge on any atom is 0.117 e. The van der Waals surface area contributed by atoms with Crippen molar-refractivity contribution in [1.82, 2.24) is 9.97 Å². The van der Waals surface area contributed by atoms with Crippen LogP contribution in [0.15, 0.2) is 89.3 Å². The molecule has 1 aliphatic rings. The van der Waals surface area contributed by atoms with E-state index in [-0.39, 0.29) is 11.8 Å². The highest BCUT2D eigenvalue weighted by atomic mass is 16.3. The zero-order valence-corrected chi connectivity index (χ0v) is 18.8. The maximum absolute atomic E-state index is 6.66. The average Bonchev–Trinajstić information content (AvgIpc) is 3.58. The Labute approximate surface area is 193 Å². The van der Waals surface area contributed by atoms with E-state index >= 15 is 0 Å². The molecule has 0 radical (unpaired) electrons. The molecule has 33 heavy (non-hydrogen) atoms. The lowest BCUT2D eigenvalue weighted by atomic mass is 9.92. The molecule has 1 aliphatic heterocycles. The van der Waals surface area contributed by atoms with Crippen molar-refractivity contribution in [2.24, 2.45) is 0 Å². The first-order valence-corrected chi connectivity index (χ1v) is 11.4. The van der Waals surface area contributed by atoms with E-state index in [9.17, 15) is 0 Å². The predicted octanol–water partition coefficient (Wildman–Crippen LogP) is 7.40. The van der Waals surface area contributed by atoms with Crippen molar-refractivity contribution < 1.29 is 4.42 Å². The normalized spacial score (nSPS) is 18.2. The molecule has 2 N–H and O–H groups in total. The Hall–Kier alpha value is -3.98. The van der Waals surface area contributed by atoms with Gasteiger partial charge in [-0.2, -0.15) is 0 Å². The number of aromatic nitrogens is 2. The minimum absolute atomic E-state index is 0.000683. The van der Waals surface area contributed by atoms with Gasteiger partial charge in [0, 0.05) is 22.8 Å². The highest BCUT2D eigenvalue weighted by molar-refractivity contribution is 5.67. The van der Waals surface area contributed by atoms with Crippen molar-refractivity contribution >= 4 is 12.2 Å². The van der Waals surface area contributed by atoms with Crippen molar-refractivity contribution in [3.05, 3.63) is 141 Å². The molecule has 6 bridgehead atoms. The van der Waals surface area contributed by atoms with Gasteiger partial charge in [-0.1, -0.05) is 59.7 Å². The third-order valence-corrected chi connectivity index (χ3v) is 6.56. The van der Waals surface area contributed by atoms with E-state index in [1.807, 2.05) is 0 Å². The van der Waals surface area contributed by atoms with Crippen LogP contribution in [0.2, 0.25) is 0 Å². The number of hydrogen-bond donors (Lipinski definition) is 2. The topological polar surface area (TPSA) is 44.7 Å². The molecule has 3 aromatic heterocycles. The molecule has 3 heteroatoms. The third-order valence-electron chi connectivity index (χ3n) is 6.56. The number of furan rings is 1. The Balaban J connectivity index is 1.55. The van der Waals surface area contributed by atoms with Gasteiger partial charge in [-0.3, -0.25) is 0 Å². The van der Waals surface area contributed by atoms with E-state index in [4.69, 9.17) is 4.42 Å². The minimum Gasteiger partial charge on any atom is -0.464 e. The van der Waals surface area contributed by atoms with E-state index in [2.05, 4.69) is 121 Å². The van der Waals surface area contributed by atoms with Crippen LogP contribution < -0.4 is 0 Å². The van der Waals surface area contributed by atoms with E-state index in [0.717, 1.165) is 34.3 Å². The lowest BCUT2D eigenvalue weighted by Crippen LogP contribution is -2.05. The Morgan fingerprint density at radius 2 is 0.939 bits per heavy atom. The summed E-state index contributed by atoms with van der Waals surface area (Å²) < 4.78 is 6.66. The average molecular weight is 431 g/mol. The number of rotatable bonds is 2. The van der Waals surface area contributed by atoms with Gasteiger partial charge in [-0.05, 0) is 73.5 Å². The van der Waals surface area contributed by atoms with Crippen LogP contribution in [-0.2, 0) is 0 Å². The highest BCUT2D eigenvalue weighted by Crippen LogP contribution is 2.38. The van der Waals surface area contributed by atoms with Crippen LogP contribution in [0.1, 0.15) is 68.4 Å². The van der Waals surface area contributed by atoms with Gasteiger partial charge in [0.2, 0.25) is 0 Å². The number of H-pyrrole nitrogens is 2. The van der Waals surface area contributed by atoms with Gasteiger partial charge >= 0.3 is 0 Å². The summed E-state index contributed by atoms with van der Waals surface area (Å²) in [5.41, 5.74) is 9.30. The van der Waals surface area contributed by atoms with Crippen molar-refractivity contribution in [3.63, 3.8) is 0 Å².